The molecule has 3 aliphatic heterocycles. The Balaban J connectivity index is 1.39. The molecule has 0 radical (unpaired) electrons. The summed E-state index contributed by atoms with van der Waals surface area (Å²) in [6.07, 6.45) is 5.44. The predicted molar refractivity (Wildman–Crippen MR) is 109 cm³/mol. The van der Waals surface area contributed by atoms with Crippen molar-refractivity contribution in [2.24, 2.45) is 0 Å². The van der Waals surface area contributed by atoms with Crippen LogP contribution >= 0.6 is 0 Å². The average Bonchev–Trinajstić information content (AvgIpc) is 3.46. The number of ether oxygens (including phenoxy) is 2. The van der Waals surface area contributed by atoms with E-state index < -0.39 is 10.0 Å². The monoisotopic (exact) mass is 415 g/mol. The van der Waals surface area contributed by atoms with Gasteiger partial charge in [-0.15, -0.1) is 0 Å². The van der Waals surface area contributed by atoms with Crippen LogP contribution in [0.4, 0.5) is 5.82 Å². The summed E-state index contributed by atoms with van der Waals surface area (Å²) in [6, 6.07) is 9.83. The minimum atomic E-state index is -3.43. The fraction of sp³-hybridized carbons (Fsp3) is 0.476. The number of sulfonamides is 1. The van der Waals surface area contributed by atoms with Gasteiger partial charge in [-0.2, -0.15) is 4.31 Å². The molecule has 1 aromatic heterocycles. The van der Waals surface area contributed by atoms with Crippen LogP contribution in [0.15, 0.2) is 41.4 Å². The van der Waals surface area contributed by atoms with Gasteiger partial charge >= 0.3 is 0 Å². The van der Waals surface area contributed by atoms with E-state index in [1.54, 1.807) is 10.4 Å². The summed E-state index contributed by atoms with van der Waals surface area (Å²) in [4.78, 5) is 7.05. The second kappa shape index (κ2) is 7.50. The number of anilines is 1. The van der Waals surface area contributed by atoms with Crippen molar-refractivity contribution in [1.82, 2.24) is 9.29 Å². The van der Waals surface area contributed by atoms with Crippen LogP contribution in [0.25, 0.3) is 0 Å². The third-order valence-corrected chi connectivity index (χ3v) is 7.80. The SMILES string of the molecule is O=S(=O)(c1ccc(N2CCC[C@@H]2c2ccc3c(c2)OCCO3)nc1)N1CCCC1. The zero-order valence-electron chi connectivity index (χ0n) is 16.3. The summed E-state index contributed by atoms with van der Waals surface area (Å²) >= 11 is 0. The lowest BCUT2D eigenvalue weighted by Crippen LogP contribution is -2.28. The molecule has 29 heavy (non-hydrogen) atoms. The first-order valence-corrected chi connectivity index (χ1v) is 11.7. The van der Waals surface area contributed by atoms with Gasteiger partial charge in [-0.1, -0.05) is 6.07 Å². The molecule has 0 bridgehead atoms. The maximum atomic E-state index is 12.7. The van der Waals surface area contributed by atoms with E-state index in [1.807, 2.05) is 12.1 Å². The summed E-state index contributed by atoms with van der Waals surface area (Å²) in [5, 5.41) is 0. The van der Waals surface area contributed by atoms with Gasteiger partial charge < -0.3 is 14.4 Å². The summed E-state index contributed by atoms with van der Waals surface area (Å²) < 4.78 is 38.4. The average molecular weight is 416 g/mol. The number of hydrogen-bond donors (Lipinski definition) is 0. The van der Waals surface area contributed by atoms with Crippen molar-refractivity contribution in [2.45, 2.75) is 36.6 Å². The summed E-state index contributed by atoms with van der Waals surface area (Å²) in [5.41, 5.74) is 1.17. The van der Waals surface area contributed by atoms with E-state index in [-0.39, 0.29) is 10.9 Å². The largest absolute Gasteiger partial charge is 0.486 e. The molecule has 5 rings (SSSR count). The van der Waals surface area contributed by atoms with Gasteiger partial charge in [0, 0.05) is 25.8 Å². The van der Waals surface area contributed by atoms with Gasteiger partial charge in [0.15, 0.2) is 11.5 Å². The number of rotatable bonds is 4. The molecule has 0 aliphatic carbocycles. The first-order valence-electron chi connectivity index (χ1n) is 10.3. The van der Waals surface area contributed by atoms with Crippen LogP contribution in [0, 0.1) is 0 Å². The van der Waals surface area contributed by atoms with E-state index >= 15 is 0 Å². The molecule has 0 unspecified atom stereocenters. The maximum Gasteiger partial charge on any atom is 0.244 e. The normalized spacial score (nSPS) is 22.2. The first-order chi connectivity index (χ1) is 14.1. The lowest BCUT2D eigenvalue weighted by Gasteiger charge is -2.27. The van der Waals surface area contributed by atoms with Crippen LogP contribution in [0.1, 0.15) is 37.3 Å². The number of hydrogen-bond acceptors (Lipinski definition) is 6. The second-order valence-electron chi connectivity index (χ2n) is 7.72. The Hall–Kier alpha value is -2.32. The van der Waals surface area contributed by atoms with Gasteiger partial charge in [0.25, 0.3) is 0 Å². The van der Waals surface area contributed by atoms with E-state index in [9.17, 15) is 8.42 Å². The smallest absolute Gasteiger partial charge is 0.244 e. The third kappa shape index (κ3) is 3.44. The number of benzene rings is 1. The molecule has 2 aromatic rings. The Labute approximate surface area is 171 Å². The van der Waals surface area contributed by atoms with Crippen LogP contribution in [-0.2, 0) is 10.0 Å². The molecule has 2 saturated heterocycles. The Morgan fingerprint density at radius 3 is 2.48 bits per heavy atom. The van der Waals surface area contributed by atoms with Gasteiger partial charge in [0.1, 0.15) is 23.9 Å². The van der Waals surface area contributed by atoms with Gasteiger partial charge in [0.05, 0.1) is 6.04 Å². The van der Waals surface area contributed by atoms with E-state index in [0.29, 0.717) is 26.3 Å². The second-order valence-corrected chi connectivity index (χ2v) is 9.66. The summed E-state index contributed by atoms with van der Waals surface area (Å²) in [5.74, 6) is 2.39. The van der Waals surface area contributed by atoms with Crippen molar-refractivity contribution in [1.29, 1.82) is 0 Å². The van der Waals surface area contributed by atoms with E-state index in [1.165, 1.54) is 11.8 Å². The molecule has 2 fully saturated rings. The zero-order chi connectivity index (χ0) is 19.8. The van der Waals surface area contributed by atoms with Crippen molar-refractivity contribution in [3.63, 3.8) is 0 Å². The fourth-order valence-corrected chi connectivity index (χ4v) is 5.89. The predicted octanol–water partition coefficient (Wildman–Crippen LogP) is 2.98. The Morgan fingerprint density at radius 1 is 0.931 bits per heavy atom. The van der Waals surface area contributed by atoms with Crippen LogP contribution in [-0.4, -0.2) is 50.6 Å². The quantitative estimate of drug-likeness (QED) is 0.765. The van der Waals surface area contributed by atoms with Gasteiger partial charge in [-0.05, 0) is 55.5 Å². The molecule has 1 atom stereocenters. The van der Waals surface area contributed by atoms with E-state index in [0.717, 1.165) is 49.5 Å². The maximum absolute atomic E-state index is 12.7. The van der Waals surface area contributed by atoms with E-state index in [4.69, 9.17) is 9.47 Å². The van der Waals surface area contributed by atoms with Crippen molar-refractivity contribution < 1.29 is 17.9 Å². The number of fused-ring (bicyclic) bond motifs is 1. The van der Waals surface area contributed by atoms with Crippen molar-refractivity contribution in [2.75, 3.05) is 37.7 Å². The van der Waals surface area contributed by atoms with E-state index in [2.05, 4.69) is 22.0 Å². The van der Waals surface area contributed by atoms with Crippen LogP contribution in [0.3, 0.4) is 0 Å². The topological polar surface area (TPSA) is 72.0 Å². The lowest BCUT2D eigenvalue weighted by atomic mass is 10.0. The summed E-state index contributed by atoms with van der Waals surface area (Å²) in [6.45, 7) is 3.24. The van der Waals surface area contributed by atoms with Crippen molar-refractivity contribution in [3.05, 3.63) is 42.1 Å². The molecule has 154 valence electrons. The van der Waals surface area contributed by atoms with Gasteiger partial charge in [-0.25, -0.2) is 13.4 Å². The highest BCUT2D eigenvalue weighted by Crippen LogP contribution is 2.39. The van der Waals surface area contributed by atoms with Crippen molar-refractivity contribution in [3.8, 4) is 11.5 Å². The third-order valence-electron chi connectivity index (χ3n) is 5.92. The molecule has 0 N–H and O–H groups in total. The standard InChI is InChI=1S/C21H25N3O4S/c25-29(26,23-9-1-2-10-23)17-6-8-21(22-15-17)24-11-3-4-18(24)16-5-7-19-20(14-16)28-13-12-27-19/h5-8,14-15,18H,1-4,9-13H2/t18-/m1/s1. The lowest BCUT2D eigenvalue weighted by molar-refractivity contribution is 0.171. The number of nitrogens with zero attached hydrogens (tertiary/aromatic N) is 3. The molecule has 0 spiro atoms. The van der Waals surface area contributed by atoms with Gasteiger partial charge in [-0.3, -0.25) is 0 Å². The molecule has 0 saturated carbocycles. The Kier molecular flexibility index (Phi) is 4.83. The highest BCUT2D eigenvalue weighted by Gasteiger charge is 2.30. The highest BCUT2D eigenvalue weighted by molar-refractivity contribution is 7.89. The van der Waals surface area contributed by atoms with Crippen molar-refractivity contribution >= 4 is 15.8 Å². The highest BCUT2D eigenvalue weighted by atomic mass is 32.2. The molecular formula is C21H25N3O4S. The zero-order valence-corrected chi connectivity index (χ0v) is 17.1. The Bertz CT molecular complexity index is 987. The number of aromatic nitrogens is 1. The van der Waals surface area contributed by atoms with Crippen LogP contribution < -0.4 is 14.4 Å². The molecule has 3 aliphatic rings. The minimum Gasteiger partial charge on any atom is -0.486 e. The van der Waals surface area contributed by atoms with Crippen LogP contribution in [0.2, 0.25) is 0 Å². The number of pyridine rings is 1. The molecule has 8 heteroatoms. The Morgan fingerprint density at radius 2 is 1.72 bits per heavy atom. The molecule has 7 nitrogen and oxygen atoms in total. The fourth-order valence-electron chi connectivity index (χ4n) is 4.43. The summed E-state index contributed by atoms with van der Waals surface area (Å²) in [7, 11) is -3.43. The molecule has 1 aromatic carbocycles. The first kappa shape index (κ1) is 18.7. The molecule has 0 amide bonds. The van der Waals surface area contributed by atoms with Crippen LogP contribution in [0.5, 0.6) is 11.5 Å². The molecule has 4 heterocycles. The minimum absolute atomic E-state index is 0.194. The van der Waals surface area contributed by atoms with Gasteiger partial charge in [0.2, 0.25) is 10.0 Å². The molecular weight excluding hydrogens is 390 g/mol.